The number of aromatic nitrogens is 2. The standard InChI is InChI=1S/C11H14ClN3S/c1-9-5-14-15(7-9)3-2-13-6-11-4-10(12)8-16-11/h4-5,7-8,13H,2-3,6H2,1H3. The maximum absolute atomic E-state index is 5.84. The highest BCUT2D eigenvalue weighted by Crippen LogP contribution is 2.18. The molecule has 0 aliphatic rings. The van der Waals surface area contributed by atoms with Gasteiger partial charge in [-0.3, -0.25) is 4.68 Å². The molecule has 2 rings (SSSR count). The van der Waals surface area contributed by atoms with E-state index in [9.17, 15) is 0 Å². The lowest BCUT2D eigenvalue weighted by atomic mass is 10.4. The third-order valence-electron chi connectivity index (χ3n) is 2.20. The summed E-state index contributed by atoms with van der Waals surface area (Å²) in [6, 6.07) is 2.00. The van der Waals surface area contributed by atoms with E-state index in [-0.39, 0.29) is 0 Å². The second kappa shape index (κ2) is 5.48. The van der Waals surface area contributed by atoms with Crippen LogP contribution in [0, 0.1) is 6.92 Å². The van der Waals surface area contributed by atoms with Crippen LogP contribution in [0.2, 0.25) is 5.02 Å². The normalized spacial score (nSPS) is 10.9. The van der Waals surface area contributed by atoms with Gasteiger partial charge in [-0.05, 0) is 18.6 Å². The van der Waals surface area contributed by atoms with E-state index in [1.807, 2.05) is 35.4 Å². The van der Waals surface area contributed by atoms with Crippen molar-refractivity contribution in [1.29, 1.82) is 0 Å². The van der Waals surface area contributed by atoms with E-state index < -0.39 is 0 Å². The molecule has 0 aliphatic heterocycles. The Labute approximate surface area is 104 Å². The zero-order valence-electron chi connectivity index (χ0n) is 9.11. The quantitative estimate of drug-likeness (QED) is 0.833. The Kier molecular flexibility index (Phi) is 3.98. The molecule has 2 aromatic heterocycles. The summed E-state index contributed by atoms with van der Waals surface area (Å²) in [7, 11) is 0. The predicted octanol–water partition coefficient (Wildman–Crippen LogP) is 2.70. The van der Waals surface area contributed by atoms with Crippen molar-refractivity contribution < 1.29 is 0 Å². The molecule has 0 amide bonds. The summed E-state index contributed by atoms with van der Waals surface area (Å²) in [6.45, 7) is 4.73. The van der Waals surface area contributed by atoms with Gasteiger partial charge in [0.2, 0.25) is 0 Å². The van der Waals surface area contributed by atoms with Gasteiger partial charge in [0, 0.05) is 29.5 Å². The van der Waals surface area contributed by atoms with Crippen molar-refractivity contribution in [2.75, 3.05) is 6.54 Å². The van der Waals surface area contributed by atoms with Crippen LogP contribution in [0.5, 0.6) is 0 Å². The minimum Gasteiger partial charge on any atom is -0.310 e. The Morgan fingerprint density at radius 1 is 1.56 bits per heavy atom. The Hall–Kier alpha value is -0.840. The van der Waals surface area contributed by atoms with Gasteiger partial charge in [0.15, 0.2) is 0 Å². The van der Waals surface area contributed by atoms with Gasteiger partial charge in [-0.15, -0.1) is 11.3 Å². The van der Waals surface area contributed by atoms with Crippen LogP contribution in [0.15, 0.2) is 23.8 Å². The SMILES string of the molecule is Cc1cnn(CCNCc2cc(Cl)cs2)c1. The van der Waals surface area contributed by atoms with Gasteiger partial charge < -0.3 is 5.32 Å². The van der Waals surface area contributed by atoms with E-state index in [1.54, 1.807) is 11.3 Å². The molecule has 0 bridgehead atoms. The van der Waals surface area contributed by atoms with Crippen LogP contribution in [-0.2, 0) is 13.1 Å². The second-order valence-corrected chi connectivity index (χ2v) is 5.12. The van der Waals surface area contributed by atoms with Crippen molar-refractivity contribution in [2.45, 2.75) is 20.0 Å². The molecule has 0 spiro atoms. The minimum atomic E-state index is 0.824. The first-order valence-electron chi connectivity index (χ1n) is 5.17. The molecule has 2 heterocycles. The fourth-order valence-corrected chi connectivity index (χ4v) is 2.48. The third-order valence-corrected chi connectivity index (χ3v) is 3.49. The molecular weight excluding hydrogens is 242 g/mol. The molecule has 0 saturated carbocycles. The van der Waals surface area contributed by atoms with Crippen molar-refractivity contribution in [1.82, 2.24) is 15.1 Å². The van der Waals surface area contributed by atoms with Gasteiger partial charge in [-0.1, -0.05) is 11.6 Å². The molecule has 0 aliphatic carbocycles. The molecule has 0 aromatic carbocycles. The molecule has 2 aromatic rings. The molecule has 5 heteroatoms. The first-order chi connectivity index (χ1) is 7.74. The number of hydrogen-bond donors (Lipinski definition) is 1. The Bertz CT molecular complexity index is 407. The molecule has 0 unspecified atom stereocenters. The molecule has 0 atom stereocenters. The van der Waals surface area contributed by atoms with Crippen LogP contribution in [0.1, 0.15) is 10.4 Å². The summed E-state index contributed by atoms with van der Waals surface area (Å²) in [5, 5.41) is 10.4. The van der Waals surface area contributed by atoms with Crippen molar-refractivity contribution in [2.24, 2.45) is 0 Å². The van der Waals surface area contributed by atoms with Crippen LogP contribution in [0.25, 0.3) is 0 Å². The Morgan fingerprint density at radius 2 is 2.44 bits per heavy atom. The third kappa shape index (κ3) is 3.33. The van der Waals surface area contributed by atoms with Gasteiger partial charge in [-0.2, -0.15) is 5.10 Å². The number of nitrogens with zero attached hydrogens (tertiary/aromatic N) is 2. The van der Waals surface area contributed by atoms with Crippen molar-refractivity contribution in [3.05, 3.63) is 39.3 Å². The fourth-order valence-electron chi connectivity index (χ4n) is 1.44. The van der Waals surface area contributed by atoms with E-state index in [1.165, 1.54) is 10.4 Å². The summed E-state index contributed by atoms with van der Waals surface area (Å²) in [5.41, 5.74) is 1.20. The number of rotatable bonds is 5. The Balaban J connectivity index is 1.69. The smallest absolute Gasteiger partial charge is 0.0534 e. The number of thiophene rings is 1. The van der Waals surface area contributed by atoms with Crippen LogP contribution < -0.4 is 5.32 Å². The zero-order chi connectivity index (χ0) is 11.4. The molecule has 1 N–H and O–H groups in total. The highest BCUT2D eigenvalue weighted by molar-refractivity contribution is 7.10. The van der Waals surface area contributed by atoms with Gasteiger partial charge in [0.1, 0.15) is 0 Å². The highest BCUT2D eigenvalue weighted by atomic mass is 35.5. The molecule has 86 valence electrons. The van der Waals surface area contributed by atoms with E-state index >= 15 is 0 Å². The predicted molar refractivity (Wildman–Crippen MR) is 68.0 cm³/mol. The summed E-state index contributed by atoms with van der Waals surface area (Å²) in [4.78, 5) is 1.27. The second-order valence-electron chi connectivity index (χ2n) is 3.69. The molecule has 0 fully saturated rings. The van der Waals surface area contributed by atoms with Gasteiger partial charge >= 0.3 is 0 Å². The topological polar surface area (TPSA) is 29.9 Å². The summed E-state index contributed by atoms with van der Waals surface area (Å²) in [5.74, 6) is 0. The monoisotopic (exact) mass is 255 g/mol. The minimum absolute atomic E-state index is 0.824. The van der Waals surface area contributed by atoms with Crippen LogP contribution in [0.3, 0.4) is 0 Å². The molecule has 16 heavy (non-hydrogen) atoms. The van der Waals surface area contributed by atoms with Crippen LogP contribution in [-0.4, -0.2) is 16.3 Å². The zero-order valence-corrected chi connectivity index (χ0v) is 10.7. The highest BCUT2D eigenvalue weighted by Gasteiger charge is 1.97. The molecule has 0 radical (unpaired) electrons. The number of aryl methyl sites for hydroxylation is 1. The van der Waals surface area contributed by atoms with Gasteiger partial charge in [0.05, 0.1) is 17.8 Å². The average molecular weight is 256 g/mol. The van der Waals surface area contributed by atoms with Crippen LogP contribution >= 0.6 is 22.9 Å². The lowest BCUT2D eigenvalue weighted by Crippen LogP contribution is -2.19. The van der Waals surface area contributed by atoms with Gasteiger partial charge in [-0.25, -0.2) is 0 Å². The maximum Gasteiger partial charge on any atom is 0.0534 e. The lowest BCUT2D eigenvalue weighted by Gasteiger charge is -2.03. The Morgan fingerprint density at radius 3 is 3.06 bits per heavy atom. The fraction of sp³-hybridized carbons (Fsp3) is 0.364. The first kappa shape index (κ1) is 11.6. The van der Waals surface area contributed by atoms with E-state index in [2.05, 4.69) is 10.4 Å². The van der Waals surface area contributed by atoms with E-state index in [0.29, 0.717) is 0 Å². The summed E-state index contributed by atoms with van der Waals surface area (Å²) < 4.78 is 1.95. The summed E-state index contributed by atoms with van der Waals surface area (Å²) >= 11 is 7.52. The largest absolute Gasteiger partial charge is 0.310 e. The van der Waals surface area contributed by atoms with Crippen LogP contribution in [0.4, 0.5) is 0 Å². The van der Waals surface area contributed by atoms with Crippen molar-refractivity contribution in [3.63, 3.8) is 0 Å². The number of nitrogens with one attached hydrogen (secondary N) is 1. The number of hydrogen-bond acceptors (Lipinski definition) is 3. The lowest BCUT2D eigenvalue weighted by molar-refractivity contribution is 0.556. The molecule has 3 nitrogen and oxygen atoms in total. The van der Waals surface area contributed by atoms with E-state index in [4.69, 9.17) is 11.6 Å². The van der Waals surface area contributed by atoms with Crippen molar-refractivity contribution >= 4 is 22.9 Å². The van der Waals surface area contributed by atoms with Gasteiger partial charge in [0.25, 0.3) is 0 Å². The first-order valence-corrected chi connectivity index (χ1v) is 6.42. The number of halogens is 1. The van der Waals surface area contributed by atoms with Crippen molar-refractivity contribution in [3.8, 4) is 0 Å². The molecular formula is C11H14ClN3S. The maximum atomic E-state index is 5.84. The average Bonchev–Trinajstić information content (AvgIpc) is 2.83. The summed E-state index contributed by atoms with van der Waals surface area (Å²) in [6.07, 6.45) is 3.92. The molecule has 0 saturated heterocycles. The van der Waals surface area contributed by atoms with E-state index in [0.717, 1.165) is 24.7 Å².